The maximum absolute atomic E-state index is 14.1. The predicted octanol–water partition coefficient (Wildman–Crippen LogP) is 3.88. The molecule has 10 heteroatoms. The molecule has 2 atom stereocenters. The molecule has 4 aromatic rings. The van der Waals surface area contributed by atoms with Gasteiger partial charge in [0, 0.05) is 28.6 Å². The van der Waals surface area contributed by atoms with Crippen LogP contribution < -0.4 is 34.9 Å². The van der Waals surface area contributed by atoms with E-state index < -0.39 is 42.1 Å². The van der Waals surface area contributed by atoms with Crippen molar-refractivity contribution < 1.29 is 64.7 Å². The third-order valence-electron chi connectivity index (χ3n) is 7.25. The number of aliphatic hydroxyl groups is 2. The van der Waals surface area contributed by atoms with Gasteiger partial charge in [-0.15, -0.1) is 0 Å². The summed E-state index contributed by atoms with van der Waals surface area (Å²) in [5.41, 5.74) is 4.92. The number of carboxylic acids is 1. The second-order valence-corrected chi connectivity index (χ2v) is 11.0. The van der Waals surface area contributed by atoms with Crippen molar-refractivity contribution in [1.82, 2.24) is 4.57 Å². The van der Waals surface area contributed by atoms with Gasteiger partial charge in [-0.2, -0.15) is 0 Å². The fraction of sp³-hybridized carbons (Fsp3) is 0.294. The SMILES string of the molecule is Cc1cccc(NC(=O)c2c(-c3ccc(F)cc3)c(-c3ccc(F)cc3)c(CC[C@@H](O)C[C@@H](O)CC(=O)O)n2C(C)C)c1.[H-].[Na+]. The number of amides is 1. The van der Waals surface area contributed by atoms with Gasteiger partial charge in [-0.1, -0.05) is 36.4 Å². The Balaban J connectivity index is 0.00000353. The summed E-state index contributed by atoms with van der Waals surface area (Å²) in [5.74, 6) is -2.44. The predicted molar refractivity (Wildman–Crippen MR) is 163 cm³/mol. The van der Waals surface area contributed by atoms with E-state index in [1.165, 1.54) is 24.3 Å². The van der Waals surface area contributed by atoms with Crippen molar-refractivity contribution in [3.8, 4) is 22.3 Å². The van der Waals surface area contributed by atoms with Crippen LogP contribution in [0, 0.1) is 18.6 Å². The molecule has 0 saturated carbocycles. The summed E-state index contributed by atoms with van der Waals surface area (Å²) >= 11 is 0. The Labute approximate surface area is 279 Å². The molecule has 0 aliphatic heterocycles. The summed E-state index contributed by atoms with van der Waals surface area (Å²) in [6, 6.07) is 18.8. The number of rotatable bonds is 12. The van der Waals surface area contributed by atoms with Crippen LogP contribution in [0.15, 0.2) is 72.8 Å². The number of aliphatic hydroxyl groups excluding tert-OH is 2. The van der Waals surface area contributed by atoms with Crippen molar-refractivity contribution >= 4 is 17.6 Å². The van der Waals surface area contributed by atoms with E-state index in [1.54, 1.807) is 30.3 Å². The zero-order valence-corrected chi connectivity index (χ0v) is 27.3. The summed E-state index contributed by atoms with van der Waals surface area (Å²) in [6.45, 7) is 5.76. The Morgan fingerprint density at radius 3 is 1.98 bits per heavy atom. The van der Waals surface area contributed by atoms with Gasteiger partial charge in [-0.25, -0.2) is 8.78 Å². The summed E-state index contributed by atoms with van der Waals surface area (Å²) < 4.78 is 30.0. The van der Waals surface area contributed by atoms with E-state index in [4.69, 9.17) is 5.11 Å². The maximum atomic E-state index is 14.1. The second-order valence-electron chi connectivity index (χ2n) is 11.0. The first-order valence-electron chi connectivity index (χ1n) is 14.2. The molecule has 0 radical (unpaired) electrons. The molecule has 1 heterocycles. The van der Waals surface area contributed by atoms with E-state index in [2.05, 4.69) is 5.32 Å². The molecule has 0 aliphatic carbocycles. The third kappa shape index (κ3) is 8.64. The monoisotopic (exact) mass is 614 g/mol. The zero-order valence-electron chi connectivity index (χ0n) is 26.3. The van der Waals surface area contributed by atoms with Gasteiger partial charge in [-0.05, 0) is 93.1 Å². The Hall–Kier alpha value is -3.34. The normalized spacial score (nSPS) is 12.5. The number of carbonyl (C=O) groups is 2. The molecule has 44 heavy (non-hydrogen) atoms. The van der Waals surface area contributed by atoms with Gasteiger partial charge in [0.05, 0.1) is 18.6 Å². The minimum absolute atomic E-state index is 0. The zero-order chi connectivity index (χ0) is 31.3. The van der Waals surface area contributed by atoms with Gasteiger partial charge in [0.25, 0.3) is 5.91 Å². The number of hydrogen-bond donors (Lipinski definition) is 4. The number of nitrogens with one attached hydrogen (secondary N) is 1. The van der Waals surface area contributed by atoms with Crippen molar-refractivity contribution in [2.24, 2.45) is 0 Å². The third-order valence-corrected chi connectivity index (χ3v) is 7.25. The van der Waals surface area contributed by atoms with E-state index in [1.807, 2.05) is 43.5 Å². The number of aromatic nitrogens is 1. The first kappa shape index (κ1) is 35.1. The number of benzene rings is 3. The van der Waals surface area contributed by atoms with Crippen molar-refractivity contribution in [1.29, 1.82) is 0 Å². The van der Waals surface area contributed by atoms with Crippen molar-refractivity contribution in [2.45, 2.75) is 64.7 Å². The topological polar surface area (TPSA) is 112 Å². The minimum atomic E-state index is -1.22. The molecule has 0 unspecified atom stereocenters. The quantitative estimate of drug-likeness (QED) is 0.181. The average Bonchev–Trinajstić information content (AvgIpc) is 3.28. The molecule has 1 aromatic heterocycles. The fourth-order valence-corrected chi connectivity index (χ4v) is 5.44. The molecular weight excluding hydrogens is 577 g/mol. The van der Waals surface area contributed by atoms with E-state index in [9.17, 15) is 28.6 Å². The Morgan fingerprint density at radius 1 is 0.886 bits per heavy atom. The van der Waals surface area contributed by atoms with Gasteiger partial charge in [0.15, 0.2) is 0 Å². The number of nitrogens with zero attached hydrogens (tertiary/aromatic N) is 1. The van der Waals surface area contributed by atoms with Crippen LogP contribution in [0.1, 0.15) is 62.3 Å². The van der Waals surface area contributed by atoms with Crippen LogP contribution in [-0.4, -0.2) is 44.0 Å². The number of aryl methyl sites for hydroxylation is 1. The Morgan fingerprint density at radius 2 is 1.45 bits per heavy atom. The fourth-order valence-electron chi connectivity index (χ4n) is 5.44. The number of carboxylic acid groups (broad SMARTS) is 1. The van der Waals surface area contributed by atoms with Gasteiger partial charge < -0.3 is 26.6 Å². The number of aliphatic carboxylic acids is 1. The number of anilines is 1. The van der Waals surface area contributed by atoms with Crippen LogP contribution in [0.4, 0.5) is 14.5 Å². The molecule has 228 valence electrons. The summed E-state index contributed by atoms with van der Waals surface area (Å²) in [7, 11) is 0. The number of hydrogen-bond acceptors (Lipinski definition) is 4. The van der Waals surface area contributed by atoms with Crippen molar-refractivity contribution in [3.63, 3.8) is 0 Å². The molecule has 4 rings (SSSR count). The summed E-state index contributed by atoms with van der Waals surface area (Å²) in [5, 5.41) is 32.8. The molecule has 3 aromatic carbocycles. The number of carbonyl (C=O) groups excluding carboxylic acids is 1. The molecular formula is C34H37F2N2NaO5. The van der Waals surface area contributed by atoms with E-state index in [0.717, 1.165) is 5.56 Å². The smallest absolute Gasteiger partial charge is 1.00 e. The second kappa shape index (κ2) is 15.6. The van der Waals surface area contributed by atoms with Crippen molar-refractivity contribution in [3.05, 3.63) is 101 Å². The first-order valence-corrected chi connectivity index (χ1v) is 14.2. The molecule has 0 bridgehead atoms. The van der Waals surface area contributed by atoms with Gasteiger partial charge >= 0.3 is 35.5 Å². The molecule has 7 nitrogen and oxygen atoms in total. The standard InChI is InChI=1S/C34H36F2N2O5.Na.H/c1-20(2)38-29(16-15-27(39)18-28(40)19-30(41)42)31(22-7-11-24(35)12-8-22)32(23-9-13-25(36)14-10-23)33(38)34(43)37-26-6-4-5-21(3)17-26;;/h4-14,17,20,27-28,39-40H,15-16,18-19H2,1-3H3,(H,37,43)(H,41,42);;/q;+1;-1/t27-,28-;;/m1../s1. The molecule has 0 saturated heterocycles. The summed E-state index contributed by atoms with van der Waals surface area (Å²) in [4.78, 5) is 25.1. The van der Waals surface area contributed by atoms with Crippen LogP contribution in [-0.2, 0) is 11.2 Å². The van der Waals surface area contributed by atoms with Crippen LogP contribution in [0.3, 0.4) is 0 Å². The van der Waals surface area contributed by atoms with E-state index in [-0.39, 0.29) is 56.3 Å². The van der Waals surface area contributed by atoms with E-state index in [0.29, 0.717) is 39.3 Å². The van der Waals surface area contributed by atoms with Crippen molar-refractivity contribution in [2.75, 3.05) is 5.32 Å². The van der Waals surface area contributed by atoms with E-state index >= 15 is 0 Å². The first-order chi connectivity index (χ1) is 20.4. The Kier molecular flexibility index (Phi) is 12.5. The van der Waals surface area contributed by atoms with Gasteiger partial charge in [-0.3, -0.25) is 9.59 Å². The molecule has 0 spiro atoms. The molecule has 1 amide bonds. The largest absolute Gasteiger partial charge is 1.00 e. The average molecular weight is 615 g/mol. The maximum Gasteiger partial charge on any atom is 1.00 e. The van der Waals surface area contributed by atoms with Gasteiger partial charge in [0.1, 0.15) is 17.3 Å². The minimum Gasteiger partial charge on any atom is -1.00 e. The summed E-state index contributed by atoms with van der Waals surface area (Å²) in [6.07, 6.45) is -2.46. The number of halogens is 2. The van der Waals surface area contributed by atoms with Crippen LogP contribution in [0.2, 0.25) is 0 Å². The van der Waals surface area contributed by atoms with Crippen LogP contribution in [0.25, 0.3) is 22.3 Å². The Bertz CT molecular complexity index is 1590. The van der Waals surface area contributed by atoms with Crippen LogP contribution in [0.5, 0.6) is 0 Å². The molecule has 0 aliphatic rings. The van der Waals surface area contributed by atoms with Gasteiger partial charge in [0.2, 0.25) is 0 Å². The molecule has 0 fully saturated rings. The van der Waals surface area contributed by atoms with Crippen LogP contribution >= 0.6 is 0 Å². The molecule has 4 N–H and O–H groups in total.